The maximum Gasteiger partial charge on any atom is 0.251 e. The van der Waals surface area contributed by atoms with Gasteiger partial charge >= 0.3 is 0 Å². The first-order valence-corrected chi connectivity index (χ1v) is 33.2. The monoisotopic (exact) mass is 1500 g/mol. The topological polar surface area (TPSA) is 364 Å². The second-order valence-electron chi connectivity index (χ2n) is 22.4. The van der Waals surface area contributed by atoms with Gasteiger partial charge in [-0.3, -0.25) is 67.1 Å². The van der Waals surface area contributed by atoms with Gasteiger partial charge in [0, 0.05) is 196 Å². The Kier molecular flexibility index (Phi) is 47.2. The summed E-state index contributed by atoms with van der Waals surface area (Å²) in [5.74, 6) is -2.89. The Labute approximate surface area is 580 Å². The van der Waals surface area contributed by atoms with Crippen molar-refractivity contribution in [3.63, 3.8) is 0 Å². The number of hydrogen-bond donors (Lipinski definition) is 9. The van der Waals surface area contributed by atoms with Crippen LogP contribution < -0.4 is 47.9 Å². The van der Waals surface area contributed by atoms with Gasteiger partial charge in [-0.25, -0.2) is 0 Å². The van der Waals surface area contributed by atoms with Crippen molar-refractivity contribution in [2.75, 3.05) is 60.4 Å². The second-order valence-corrected chi connectivity index (χ2v) is 22.4. The van der Waals surface area contributed by atoms with E-state index in [0.717, 1.165) is 57.8 Å². The van der Waals surface area contributed by atoms with Gasteiger partial charge < -0.3 is 59.6 Å². The minimum Gasteiger partial charge on any atom is -0.355 e. The van der Waals surface area contributed by atoms with Crippen molar-refractivity contribution in [3.05, 3.63) is 112 Å². The Hall–Kier alpha value is -8.53. The molecule has 528 valence electrons. The first-order valence-electron chi connectivity index (χ1n) is 33.2. The molecule has 24 nitrogen and oxygen atoms in total. The van der Waals surface area contributed by atoms with Crippen molar-refractivity contribution in [2.24, 2.45) is 0 Å². The van der Waals surface area contributed by atoms with E-state index in [2.05, 4.69) is 54.8 Å². The van der Waals surface area contributed by atoms with Crippen molar-refractivity contribution >= 4 is 87.9 Å². The summed E-state index contributed by atoms with van der Waals surface area (Å²) in [5, 5.41) is 24.0. The van der Waals surface area contributed by atoms with E-state index in [-0.39, 0.29) is 167 Å². The first kappa shape index (κ1) is 87.5. The summed E-state index contributed by atoms with van der Waals surface area (Å²) in [4.78, 5) is 180. The fourth-order valence-electron chi connectivity index (χ4n) is 8.93. The number of Topliss-reactive ketones (excluding diaryl/α,β-unsaturated/α-hetero) is 6. The van der Waals surface area contributed by atoms with E-state index in [4.69, 9.17) is 0 Å². The van der Waals surface area contributed by atoms with Gasteiger partial charge in [-0.05, 0) is 125 Å². The maximum absolute atomic E-state index is 12.9. The van der Waals surface area contributed by atoms with Crippen LogP contribution in [0.3, 0.4) is 0 Å². The van der Waals surface area contributed by atoms with Crippen LogP contribution in [0.15, 0.2) is 54.6 Å². The molecule has 0 saturated heterocycles. The number of ketones is 6. The van der Waals surface area contributed by atoms with Crippen LogP contribution in [0.2, 0.25) is 0 Å². The molecule has 0 fully saturated rings. The summed E-state index contributed by atoms with van der Waals surface area (Å²) in [6.07, 6.45) is 13.5. The molecule has 3 rings (SSSR count). The molecular formula is C71H102N9O15W-. The minimum absolute atomic E-state index is 0. The number of hydrogen-bond acceptors (Lipinski definition) is 15. The summed E-state index contributed by atoms with van der Waals surface area (Å²) in [7, 11) is 4.44. The minimum atomic E-state index is -0.479. The van der Waals surface area contributed by atoms with Gasteiger partial charge in [0.05, 0.1) is 0 Å². The molecule has 3 aromatic carbocycles. The number of carbonyl (C=O) groups excluding carboxylic acids is 15. The molecule has 0 aliphatic carbocycles. The molecule has 0 aromatic heterocycles. The van der Waals surface area contributed by atoms with Crippen LogP contribution in [0.4, 0.5) is 0 Å². The molecule has 0 unspecified atom stereocenters. The van der Waals surface area contributed by atoms with E-state index >= 15 is 0 Å². The normalized spacial score (nSPS) is 10.2. The average Bonchev–Trinajstić information content (AvgIpc) is 0.857. The molecule has 0 heterocycles. The fraction of sp³-hybridized carbons (Fsp3) is 0.521. The molecule has 25 heteroatoms. The van der Waals surface area contributed by atoms with E-state index in [1.54, 1.807) is 13.8 Å². The predicted molar refractivity (Wildman–Crippen MR) is 363 cm³/mol. The molecule has 0 aliphatic heterocycles. The SMILES string of the molecule is CCC(=O)CCCCCNC(=O)c1cc(C(=O)NCCCCCC(=O)CC)cc(C(=O)NCCCCCC(=O)CC)c1.CNC(=O)c1cc(C(=O)NC)cc(C(=O)NC)c1.[CH2-]C(=O)CCCNC(=O)c1cc(C(=O)NCCCC(=O)CC)cc(C(=O)NCCCC(=O)CC)c1.[W]. The summed E-state index contributed by atoms with van der Waals surface area (Å²) in [6, 6.07) is 13.0. The van der Waals surface area contributed by atoms with Crippen LogP contribution in [-0.2, 0) is 49.8 Å². The van der Waals surface area contributed by atoms with Gasteiger partial charge in [-0.2, -0.15) is 0 Å². The molecule has 0 bridgehead atoms. The van der Waals surface area contributed by atoms with Crippen LogP contribution in [0.25, 0.3) is 0 Å². The predicted octanol–water partition coefficient (Wildman–Crippen LogP) is 7.84. The molecule has 96 heavy (non-hydrogen) atoms. The Morgan fingerprint density at radius 1 is 0.250 bits per heavy atom. The Balaban J connectivity index is 0.00000150. The van der Waals surface area contributed by atoms with Crippen molar-refractivity contribution in [1.82, 2.24) is 47.9 Å². The Morgan fingerprint density at radius 2 is 0.417 bits per heavy atom. The van der Waals surface area contributed by atoms with Crippen molar-refractivity contribution < 1.29 is 93.0 Å². The van der Waals surface area contributed by atoms with Crippen LogP contribution in [-0.4, -0.2) is 148 Å². The van der Waals surface area contributed by atoms with E-state index in [1.165, 1.54) is 75.7 Å². The number of rotatable bonds is 44. The van der Waals surface area contributed by atoms with Gasteiger partial charge in [0.2, 0.25) is 0 Å². The molecule has 0 spiro atoms. The van der Waals surface area contributed by atoms with Crippen molar-refractivity contribution in [3.8, 4) is 0 Å². The van der Waals surface area contributed by atoms with Gasteiger partial charge in [0.25, 0.3) is 53.2 Å². The molecule has 0 radical (unpaired) electrons. The number of benzene rings is 3. The summed E-state index contributed by atoms with van der Waals surface area (Å²) in [6.45, 7) is 14.5. The van der Waals surface area contributed by atoms with E-state index in [1.807, 2.05) is 20.8 Å². The molecule has 0 saturated carbocycles. The van der Waals surface area contributed by atoms with Gasteiger partial charge in [0.1, 0.15) is 28.9 Å². The average molecular weight is 1510 g/mol. The van der Waals surface area contributed by atoms with Crippen molar-refractivity contribution in [1.29, 1.82) is 0 Å². The quantitative estimate of drug-likeness (QED) is 0.0192. The smallest absolute Gasteiger partial charge is 0.251 e. The second kappa shape index (κ2) is 51.8. The van der Waals surface area contributed by atoms with Crippen LogP contribution in [0.1, 0.15) is 276 Å². The maximum atomic E-state index is 12.9. The molecule has 3 aromatic rings. The fourth-order valence-corrected chi connectivity index (χ4v) is 8.93. The standard InChI is InChI=1S/C33H51N3O6.C26H36N3O6.C12H15N3O3.W/c1-4-28(37)16-10-7-13-19-34-31(40)25-22-26(32(41)35-20-14-8-11-17-29(38)5-2)24-27(23-25)33(42)36-21-15-9-12-18-30(39)6-3;1-4-22(31)10-7-13-28-25(34)20-15-19(24(33)27-12-6-9-18(3)30)16-21(17-20)26(35)29-14-8-11-23(32)5-2;1-13-10(16)7-4-8(11(17)14-2)6-9(5-7)12(18)15-3;/h22-24H,4-21H2,1-3H3,(H,34,40)(H,35,41)(H,36,42);15-17H,3-14H2,1-2H3,(H,27,33)(H,28,34)(H,29,35);4-6H,1-3H3,(H,13,16)(H,14,17)(H,15,18);/q;-1;;. The summed E-state index contributed by atoms with van der Waals surface area (Å²) >= 11 is 0. The van der Waals surface area contributed by atoms with E-state index < -0.39 is 17.7 Å². The summed E-state index contributed by atoms with van der Waals surface area (Å²) in [5.41, 5.74) is 1.87. The number of unbranched alkanes of at least 4 members (excludes halogenated alkanes) is 6. The number of amides is 9. The van der Waals surface area contributed by atoms with Gasteiger partial charge in [0.15, 0.2) is 0 Å². The number of carbonyl (C=O) groups is 15. The Morgan fingerprint density at radius 3 is 0.594 bits per heavy atom. The first-order chi connectivity index (χ1) is 45.4. The third kappa shape index (κ3) is 37.5. The van der Waals surface area contributed by atoms with Gasteiger partial charge in [-0.1, -0.05) is 53.9 Å². The van der Waals surface area contributed by atoms with Crippen molar-refractivity contribution in [2.45, 2.75) is 182 Å². The van der Waals surface area contributed by atoms with E-state index in [9.17, 15) is 71.9 Å². The zero-order valence-electron chi connectivity index (χ0n) is 57.4. The molecule has 9 N–H and O–H groups in total. The molecule has 0 atom stereocenters. The zero-order chi connectivity index (χ0) is 71.1. The summed E-state index contributed by atoms with van der Waals surface area (Å²) < 4.78 is 0. The molecule has 0 aliphatic rings. The largest absolute Gasteiger partial charge is 0.355 e. The van der Waals surface area contributed by atoms with Crippen LogP contribution >= 0.6 is 0 Å². The third-order valence-electron chi connectivity index (χ3n) is 14.8. The zero-order valence-corrected chi connectivity index (χ0v) is 60.4. The third-order valence-corrected chi connectivity index (χ3v) is 14.8. The number of nitrogens with one attached hydrogen (secondary N) is 9. The van der Waals surface area contributed by atoms with Crippen LogP contribution in [0, 0.1) is 6.92 Å². The molecule has 9 amide bonds. The van der Waals surface area contributed by atoms with E-state index in [0.29, 0.717) is 103 Å². The van der Waals surface area contributed by atoms with Crippen LogP contribution in [0.5, 0.6) is 0 Å². The van der Waals surface area contributed by atoms with Gasteiger partial charge in [-0.15, -0.1) is 0 Å². The molecular weight excluding hydrogens is 1400 g/mol. The Bertz CT molecular complexity index is 2810.